The summed E-state index contributed by atoms with van der Waals surface area (Å²) in [6.07, 6.45) is 0. The number of nitro groups is 1. The van der Waals surface area contributed by atoms with Gasteiger partial charge in [0.15, 0.2) is 11.5 Å². The zero-order valence-electron chi connectivity index (χ0n) is 9.68. The molecule has 0 aliphatic rings. The largest absolute Gasteiger partial charge is 0.346 e. The summed E-state index contributed by atoms with van der Waals surface area (Å²) < 4.78 is 13.4. The highest BCUT2D eigenvalue weighted by atomic mass is 19.1. The number of hydrogen-bond acceptors (Lipinski definition) is 5. The minimum Gasteiger partial charge on any atom is -0.346 e. The van der Waals surface area contributed by atoms with Crippen LogP contribution in [0.5, 0.6) is 0 Å². The number of nitrogens with one attached hydrogen (secondary N) is 2. The van der Waals surface area contributed by atoms with Gasteiger partial charge in [-0.25, -0.2) is 4.39 Å². The molecule has 2 amide bonds. The molecular weight excluding hydrogens is 259 g/mol. The van der Waals surface area contributed by atoms with Crippen molar-refractivity contribution in [3.63, 3.8) is 0 Å². The molecule has 0 saturated heterocycles. The topological polar surface area (TPSA) is 127 Å². The van der Waals surface area contributed by atoms with Crippen LogP contribution in [0.3, 0.4) is 0 Å². The molecule has 0 fully saturated rings. The predicted molar refractivity (Wildman–Crippen MR) is 63.7 cm³/mol. The summed E-state index contributed by atoms with van der Waals surface area (Å²) in [5.41, 5.74) is 3.89. The van der Waals surface area contributed by atoms with Crippen LogP contribution < -0.4 is 16.4 Å². The molecule has 0 radical (unpaired) electrons. The Kier molecular flexibility index (Phi) is 4.89. The lowest BCUT2D eigenvalue weighted by molar-refractivity contribution is -0.384. The highest BCUT2D eigenvalue weighted by Crippen LogP contribution is 2.26. The second kappa shape index (κ2) is 6.40. The molecule has 1 rings (SSSR count). The van der Waals surface area contributed by atoms with Gasteiger partial charge in [-0.2, -0.15) is 0 Å². The van der Waals surface area contributed by atoms with Crippen molar-refractivity contribution < 1.29 is 18.9 Å². The molecule has 0 unspecified atom stereocenters. The molecular formula is C10H11FN4O4. The second-order valence-electron chi connectivity index (χ2n) is 3.42. The van der Waals surface area contributed by atoms with Gasteiger partial charge in [-0.3, -0.25) is 19.7 Å². The van der Waals surface area contributed by atoms with Crippen molar-refractivity contribution in [1.29, 1.82) is 0 Å². The molecule has 8 nitrogen and oxygen atoms in total. The van der Waals surface area contributed by atoms with Crippen LogP contribution >= 0.6 is 0 Å². The van der Waals surface area contributed by atoms with Crippen LogP contribution in [0.25, 0.3) is 0 Å². The molecule has 0 spiro atoms. The van der Waals surface area contributed by atoms with Gasteiger partial charge in [0.05, 0.1) is 18.0 Å². The summed E-state index contributed by atoms with van der Waals surface area (Å²) in [4.78, 5) is 32.1. The van der Waals surface area contributed by atoms with Gasteiger partial charge in [0.1, 0.15) is 0 Å². The maximum atomic E-state index is 13.4. The van der Waals surface area contributed by atoms with E-state index in [-0.39, 0.29) is 6.54 Å². The zero-order valence-corrected chi connectivity index (χ0v) is 9.68. The van der Waals surface area contributed by atoms with E-state index in [1.165, 1.54) is 0 Å². The first-order chi connectivity index (χ1) is 8.95. The minimum atomic E-state index is -0.937. The Morgan fingerprint density at radius 1 is 1.37 bits per heavy atom. The van der Waals surface area contributed by atoms with E-state index >= 15 is 0 Å². The van der Waals surface area contributed by atoms with Crippen molar-refractivity contribution in [3.8, 4) is 0 Å². The molecule has 0 atom stereocenters. The number of nitrogens with zero attached hydrogens (tertiary/aromatic N) is 1. The Morgan fingerprint density at radius 3 is 2.63 bits per heavy atom. The predicted octanol–water partition coefficient (Wildman–Crippen LogP) is -0.253. The number of rotatable bonds is 5. The third-order valence-electron chi connectivity index (χ3n) is 2.08. The summed E-state index contributed by atoms with van der Waals surface area (Å²) in [6.45, 7) is -0.755. The summed E-state index contributed by atoms with van der Waals surface area (Å²) in [6, 6.07) is 3.18. The number of para-hydroxylation sites is 1. The fourth-order valence-electron chi connectivity index (χ4n) is 1.22. The molecule has 1 aromatic rings. The first-order valence-electron chi connectivity index (χ1n) is 5.15. The number of amides is 2. The standard InChI is InChI=1S/C10H11FN4O4/c11-6-2-1-3-7(15(18)19)10(6)14-9(17)5-13-8(16)4-12/h1-3H,4-5,12H2,(H,13,16)(H,14,17). The maximum Gasteiger partial charge on any atom is 0.295 e. The summed E-state index contributed by atoms with van der Waals surface area (Å²) in [7, 11) is 0. The molecule has 0 aromatic heterocycles. The Morgan fingerprint density at radius 2 is 2.05 bits per heavy atom. The Balaban J connectivity index is 2.79. The van der Waals surface area contributed by atoms with Gasteiger partial charge in [0.25, 0.3) is 5.69 Å². The van der Waals surface area contributed by atoms with Crippen LogP contribution in [-0.2, 0) is 9.59 Å². The van der Waals surface area contributed by atoms with E-state index < -0.39 is 40.5 Å². The van der Waals surface area contributed by atoms with E-state index in [0.717, 1.165) is 18.2 Å². The number of nitro benzene ring substituents is 1. The van der Waals surface area contributed by atoms with Crippen molar-refractivity contribution in [1.82, 2.24) is 5.32 Å². The van der Waals surface area contributed by atoms with Crippen molar-refractivity contribution >= 4 is 23.2 Å². The van der Waals surface area contributed by atoms with Crippen LogP contribution in [0, 0.1) is 15.9 Å². The molecule has 0 heterocycles. The highest BCUT2D eigenvalue weighted by molar-refractivity contribution is 5.96. The average molecular weight is 270 g/mol. The summed E-state index contributed by atoms with van der Waals surface area (Å²) in [5, 5.41) is 14.8. The molecule has 0 aliphatic carbocycles. The third-order valence-corrected chi connectivity index (χ3v) is 2.08. The SMILES string of the molecule is NCC(=O)NCC(=O)Nc1c(F)cccc1[N+](=O)[O-]. The minimum absolute atomic E-state index is 0.298. The number of carbonyl (C=O) groups is 2. The second-order valence-corrected chi connectivity index (χ2v) is 3.42. The van der Waals surface area contributed by atoms with Crippen molar-refractivity contribution in [2.24, 2.45) is 5.73 Å². The van der Waals surface area contributed by atoms with Crippen molar-refractivity contribution in [3.05, 3.63) is 34.1 Å². The molecule has 19 heavy (non-hydrogen) atoms. The van der Waals surface area contributed by atoms with Gasteiger partial charge in [-0.05, 0) is 6.07 Å². The molecule has 0 aliphatic heterocycles. The maximum absolute atomic E-state index is 13.4. The fourth-order valence-corrected chi connectivity index (χ4v) is 1.22. The Hall–Kier alpha value is -2.55. The van der Waals surface area contributed by atoms with Gasteiger partial charge < -0.3 is 16.4 Å². The van der Waals surface area contributed by atoms with Gasteiger partial charge in [0.2, 0.25) is 11.8 Å². The number of hydrogen-bond donors (Lipinski definition) is 3. The van der Waals surface area contributed by atoms with Gasteiger partial charge >= 0.3 is 0 Å². The number of halogens is 1. The van der Waals surface area contributed by atoms with Crippen molar-refractivity contribution in [2.45, 2.75) is 0 Å². The lowest BCUT2D eigenvalue weighted by atomic mass is 10.2. The van der Waals surface area contributed by atoms with E-state index in [2.05, 4.69) is 5.32 Å². The molecule has 1 aromatic carbocycles. The first-order valence-corrected chi connectivity index (χ1v) is 5.15. The van der Waals surface area contributed by atoms with Crippen LogP contribution in [0.4, 0.5) is 15.8 Å². The van der Waals surface area contributed by atoms with Gasteiger partial charge in [0, 0.05) is 6.07 Å². The van der Waals surface area contributed by atoms with Gasteiger partial charge in [-0.1, -0.05) is 6.07 Å². The van der Waals surface area contributed by atoms with Crippen LogP contribution in [-0.4, -0.2) is 29.8 Å². The van der Waals surface area contributed by atoms with E-state index in [1.807, 2.05) is 5.32 Å². The monoisotopic (exact) mass is 270 g/mol. The normalized spacial score (nSPS) is 9.79. The number of carbonyl (C=O) groups excluding carboxylic acids is 2. The summed E-state index contributed by atoms with van der Waals surface area (Å²) >= 11 is 0. The summed E-state index contributed by atoms with van der Waals surface area (Å²) in [5.74, 6) is -2.30. The van der Waals surface area contributed by atoms with Crippen molar-refractivity contribution in [2.75, 3.05) is 18.4 Å². The Labute approximate surface area is 106 Å². The zero-order chi connectivity index (χ0) is 14.4. The fraction of sp³-hybridized carbons (Fsp3) is 0.200. The van der Waals surface area contributed by atoms with E-state index in [1.54, 1.807) is 0 Å². The quantitative estimate of drug-likeness (QED) is 0.502. The van der Waals surface area contributed by atoms with Crippen LogP contribution in [0.2, 0.25) is 0 Å². The number of benzene rings is 1. The van der Waals surface area contributed by atoms with E-state index in [0.29, 0.717) is 0 Å². The van der Waals surface area contributed by atoms with E-state index in [9.17, 15) is 24.1 Å². The van der Waals surface area contributed by atoms with Crippen LogP contribution in [0.15, 0.2) is 18.2 Å². The van der Waals surface area contributed by atoms with E-state index in [4.69, 9.17) is 5.73 Å². The average Bonchev–Trinajstić information content (AvgIpc) is 2.38. The number of anilines is 1. The smallest absolute Gasteiger partial charge is 0.295 e. The molecule has 0 saturated carbocycles. The third kappa shape index (κ3) is 4.00. The molecule has 4 N–H and O–H groups in total. The number of nitrogens with two attached hydrogens (primary N) is 1. The molecule has 9 heteroatoms. The lowest BCUT2D eigenvalue weighted by Crippen LogP contribution is -2.36. The molecule has 102 valence electrons. The molecule has 0 bridgehead atoms. The van der Waals surface area contributed by atoms with Gasteiger partial charge in [-0.15, -0.1) is 0 Å². The Bertz CT molecular complexity index is 520. The van der Waals surface area contributed by atoms with Crippen LogP contribution in [0.1, 0.15) is 0 Å². The highest BCUT2D eigenvalue weighted by Gasteiger charge is 2.19. The lowest BCUT2D eigenvalue weighted by Gasteiger charge is -2.07. The first kappa shape index (κ1) is 14.5.